The fourth-order valence-corrected chi connectivity index (χ4v) is 2.08. The van der Waals surface area contributed by atoms with E-state index in [0.29, 0.717) is 12.5 Å². The molecule has 0 amide bonds. The topological polar surface area (TPSA) is 58.2 Å². The highest BCUT2D eigenvalue weighted by Gasteiger charge is 2.07. The van der Waals surface area contributed by atoms with Gasteiger partial charge in [-0.25, -0.2) is 4.72 Å². The quantitative estimate of drug-likeness (QED) is 0.626. The Morgan fingerprint density at radius 2 is 2.00 bits per heavy atom. The largest absolute Gasteiger partial charge is 0.286 e. The van der Waals surface area contributed by atoms with Gasteiger partial charge >= 0.3 is 0 Å². The summed E-state index contributed by atoms with van der Waals surface area (Å²) in [5, 5.41) is 0. The second-order valence-electron chi connectivity index (χ2n) is 2.53. The lowest BCUT2D eigenvalue weighted by Gasteiger charge is -2.07. The Hall–Kier alpha value is 0.220. The first kappa shape index (κ1) is 11.2. The van der Waals surface area contributed by atoms with Gasteiger partial charge in [-0.05, 0) is 12.2 Å². The van der Waals surface area contributed by atoms with Crippen molar-refractivity contribution in [1.29, 1.82) is 0 Å². The molecule has 0 saturated heterocycles. The molecule has 0 aliphatic carbocycles. The van der Waals surface area contributed by atoms with Gasteiger partial charge in [0.15, 0.2) is 0 Å². The average Bonchev–Trinajstić information content (AvgIpc) is 1.84. The molecule has 0 heterocycles. The number of nitrogens with one attached hydrogen (secondary N) is 2. The molecular weight excluding hydrogens is 184 g/mol. The molecule has 4 nitrogen and oxygen atoms in total. The monoisotopic (exact) mass is 198 g/mol. The zero-order valence-electron chi connectivity index (χ0n) is 6.92. The third-order valence-corrected chi connectivity index (χ3v) is 2.97. The molecule has 0 fully saturated rings. The zero-order valence-corrected chi connectivity index (χ0v) is 8.55. The van der Waals surface area contributed by atoms with Gasteiger partial charge in [-0.3, -0.25) is 0 Å². The lowest BCUT2D eigenvalue weighted by Crippen LogP contribution is -2.34. The molecular formula is C5H14N2O2S2. The standard InChI is InChI=1S/C5H14N2O2S2/c1-5(2)4-6-11(8,9)7-10-3/h5-7H,4H2,1-3H3. The minimum absolute atomic E-state index is 0.327. The van der Waals surface area contributed by atoms with E-state index in [-0.39, 0.29) is 0 Å². The summed E-state index contributed by atoms with van der Waals surface area (Å²) in [5.74, 6) is 0.327. The highest BCUT2D eigenvalue weighted by Crippen LogP contribution is 1.91. The van der Waals surface area contributed by atoms with Crippen molar-refractivity contribution in [2.75, 3.05) is 12.8 Å². The Kier molecular flexibility index (Phi) is 5.07. The van der Waals surface area contributed by atoms with E-state index >= 15 is 0 Å². The van der Waals surface area contributed by atoms with E-state index in [2.05, 4.69) is 8.85 Å². The number of rotatable bonds is 5. The Labute approximate surface area is 72.5 Å². The van der Waals surface area contributed by atoms with Gasteiger partial charge in [-0.1, -0.05) is 25.8 Å². The van der Waals surface area contributed by atoms with Crippen molar-refractivity contribution in [3.05, 3.63) is 0 Å². The van der Waals surface area contributed by atoms with Crippen LogP contribution in [0.15, 0.2) is 0 Å². The van der Waals surface area contributed by atoms with Gasteiger partial charge in [-0.15, -0.1) is 4.13 Å². The van der Waals surface area contributed by atoms with Crippen LogP contribution in [0.25, 0.3) is 0 Å². The normalized spacial score (nSPS) is 12.4. The fraction of sp³-hybridized carbons (Fsp3) is 1.00. The van der Waals surface area contributed by atoms with Crippen LogP contribution in [0.1, 0.15) is 13.8 Å². The van der Waals surface area contributed by atoms with Crippen molar-refractivity contribution in [2.45, 2.75) is 13.8 Å². The maximum Gasteiger partial charge on any atom is 0.286 e. The first-order chi connectivity index (χ1) is 4.98. The second-order valence-corrected chi connectivity index (χ2v) is 4.90. The van der Waals surface area contributed by atoms with E-state index < -0.39 is 10.2 Å². The van der Waals surface area contributed by atoms with Crippen molar-refractivity contribution >= 4 is 22.2 Å². The van der Waals surface area contributed by atoms with Gasteiger partial charge in [0.05, 0.1) is 0 Å². The minimum atomic E-state index is -3.26. The van der Waals surface area contributed by atoms with E-state index in [4.69, 9.17) is 0 Å². The predicted molar refractivity (Wildman–Crippen MR) is 48.4 cm³/mol. The summed E-state index contributed by atoms with van der Waals surface area (Å²) in [5.41, 5.74) is 0. The van der Waals surface area contributed by atoms with Crippen molar-refractivity contribution in [3.63, 3.8) is 0 Å². The molecule has 0 aliphatic heterocycles. The predicted octanol–water partition coefficient (Wildman–Crippen LogP) is 0.344. The first-order valence-electron chi connectivity index (χ1n) is 3.27. The minimum Gasteiger partial charge on any atom is -0.201 e. The zero-order chi connectivity index (χ0) is 8.91. The fourth-order valence-electron chi connectivity index (χ4n) is 0.416. The van der Waals surface area contributed by atoms with Crippen molar-refractivity contribution in [1.82, 2.24) is 8.85 Å². The van der Waals surface area contributed by atoms with Gasteiger partial charge < -0.3 is 0 Å². The van der Waals surface area contributed by atoms with Crippen LogP contribution in [-0.4, -0.2) is 21.2 Å². The molecule has 6 heteroatoms. The van der Waals surface area contributed by atoms with E-state index in [1.165, 1.54) is 0 Å². The highest BCUT2D eigenvalue weighted by atomic mass is 32.3. The van der Waals surface area contributed by atoms with Crippen LogP contribution >= 0.6 is 11.9 Å². The Morgan fingerprint density at radius 3 is 2.36 bits per heavy atom. The molecule has 0 atom stereocenters. The van der Waals surface area contributed by atoms with Gasteiger partial charge in [0.25, 0.3) is 10.2 Å². The molecule has 0 unspecified atom stereocenters. The molecule has 0 aromatic heterocycles. The van der Waals surface area contributed by atoms with Crippen LogP contribution in [0.2, 0.25) is 0 Å². The number of hydrogen-bond donors (Lipinski definition) is 2. The van der Waals surface area contributed by atoms with Gasteiger partial charge in [0.2, 0.25) is 0 Å². The maximum absolute atomic E-state index is 10.9. The van der Waals surface area contributed by atoms with E-state index in [1.807, 2.05) is 13.8 Å². The van der Waals surface area contributed by atoms with Crippen molar-refractivity contribution in [3.8, 4) is 0 Å². The summed E-state index contributed by atoms with van der Waals surface area (Å²) in [6.07, 6.45) is 1.66. The average molecular weight is 198 g/mol. The molecule has 68 valence electrons. The van der Waals surface area contributed by atoms with Crippen LogP contribution in [0.5, 0.6) is 0 Å². The number of hydrogen-bond acceptors (Lipinski definition) is 3. The Balaban J connectivity index is 3.74. The van der Waals surface area contributed by atoms with Crippen molar-refractivity contribution in [2.24, 2.45) is 5.92 Å². The van der Waals surface area contributed by atoms with E-state index in [0.717, 1.165) is 11.9 Å². The Morgan fingerprint density at radius 1 is 1.45 bits per heavy atom. The van der Waals surface area contributed by atoms with Crippen LogP contribution in [0, 0.1) is 5.92 Å². The lowest BCUT2D eigenvalue weighted by molar-refractivity contribution is 0.558. The van der Waals surface area contributed by atoms with E-state index in [9.17, 15) is 8.42 Å². The SMILES string of the molecule is CSNS(=O)(=O)NCC(C)C. The molecule has 0 spiro atoms. The summed E-state index contributed by atoms with van der Waals surface area (Å²) in [6.45, 7) is 4.36. The molecule has 0 aromatic rings. The molecule has 0 aliphatic rings. The van der Waals surface area contributed by atoms with E-state index in [1.54, 1.807) is 6.26 Å². The third-order valence-electron chi connectivity index (χ3n) is 0.875. The third kappa shape index (κ3) is 6.61. The van der Waals surface area contributed by atoms with Crippen molar-refractivity contribution < 1.29 is 8.42 Å². The maximum atomic E-state index is 10.9. The van der Waals surface area contributed by atoms with Gasteiger partial charge in [-0.2, -0.15) is 8.42 Å². The summed E-state index contributed by atoms with van der Waals surface area (Å²) in [4.78, 5) is 0. The van der Waals surface area contributed by atoms with Crippen LogP contribution < -0.4 is 8.85 Å². The second kappa shape index (κ2) is 4.97. The summed E-state index contributed by atoms with van der Waals surface area (Å²) in [7, 11) is -3.26. The molecule has 2 N–H and O–H groups in total. The smallest absolute Gasteiger partial charge is 0.201 e. The van der Waals surface area contributed by atoms with Gasteiger partial charge in [0, 0.05) is 6.54 Å². The molecule has 0 aromatic carbocycles. The van der Waals surface area contributed by atoms with Crippen LogP contribution in [-0.2, 0) is 10.2 Å². The first-order valence-corrected chi connectivity index (χ1v) is 5.98. The summed E-state index contributed by atoms with van der Waals surface area (Å²) in [6, 6.07) is 0. The molecule has 0 radical (unpaired) electrons. The molecule has 0 bridgehead atoms. The molecule has 0 rings (SSSR count). The molecule has 11 heavy (non-hydrogen) atoms. The van der Waals surface area contributed by atoms with Gasteiger partial charge in [0.1, 0.15) is 0 Å². The van der Waals surface area contributed by atoms with Crippen LogP contribution in [0.3, 0.4) is 0 Å². The summed E-state index contributed by atoms with van der Waals surface area (Å²) < 4.78 is 26.4. The van der Waals surface area contributed by atoms with Crippen LogP contribution in [0.4, 0.5) is 0 Å². The molecule has 0 saturated carbocycles. The highest BCUT2D eigenvalue weighted by molar-refractivity contribution is 8.08. The lowest BCUT2D eigenvalue weighted by atomic mass is 10.2. The Bertz CT molecular complexity index is 189. The summed E-state index contributed by atoms with van der Waals surface area (Å²) >= 11 is 1.06.